The Hall–Kier alpha value is -2.56. The summed E-state index contributed by atoms with van der Waals surface area (Å²) in [5, 5.41) is 10.6. The molecule has 2 heterocycles. The number of aromatic amines is 1. The second kappa shape index (κ2) is 5.21. The Morgan fingerprint density at radius 3 is 2.75 bits per heavy atom. The van der Waals surface area contributed by atoms with Crippen LogP contribution in [0.3, 0.4) is 0 Å². The van der Waals surface area contributed by atoms with E-state index in [-0.39, 0.29) is 0 Å². The molecular formula is C15H17N5. The van der Waals surface area contributed by atoms with Crippen molar-refractivity contribution in [3.8, 4) is 11.4 Å². The average molecular weight is 267 g/mol. The maximum atomic E-state index is 4.39. The highest BCUT2D eigenvalue weighted by Crippen LogP contribution is 2.25. The highest BCUT2D eigenvalue weighted by molar-refractivity contribution is 5.73. The van der Waals surface area contributed by atoms with Crippen LogP contribution in [0.25, 0.3) is 11.4 Å². The fraction of sp³-hybridized carbons (Fsp3) is 0.200. The summed E-state index contributed by atoms with van der Waals surface area (Å²) in [7, 11) is 2.04. The molecule has 0 fully saturated rings. The van der Waals surface area contributed by atoms with E-state index in [1.165, 1.54) is 5.69 Å². The van der Waals surface area contributed by atoms with Crippen LogP contribution in [0.1, 0.15) is 11.5 Å². The molecule has 0 radical (unpaired) electrons. The van der Waals surface area contributed by atoms with Crippen molar-refractivity contribution in [3.05, 3.63) is 54.1 Å². The minimum absolute atomic E-state index is 0.720. The third-order valence-corrected chi connectivity index (χ3v) is 3.28. The van der Waals surface area contributed by atoms with Gasteiger partial charge in [0.05, 0.1) is 6.54 Å². The van der Waals surface area contributed by atoms with E-state index in [0.29, 0.717) is 0 Å². The molecule has 3 aromatic rings. The predicted octanol–water partition coefficient (Wildman–Crippen LogP) is 2.73. The van der Waals surface area contributed by atoms with E-state index in [0.717, 1.165) is 29.4 Å². The lowest BCUT2D eigenvalue weighted by Gasteiger charge is -2.10. The molecule has 0 atom stereocenters. The highest BCUT2D eigenvalue weighted by atomic mass is 15.2. The number of nitrogens with one attached hydrogen (secondary N) is 2. The molecule has 2 N–H and O–H groups in total. The Bertz CT molecular complexity index is 710. The van der Waals surface area contributed by atoms with Gasteiger partial charge in [0.15, 0.2) is 5.82 Å². The molecule has 102 valence electrons. The largest absolute Gasteiger partial charge is 0.379 e. The lowest BCUT2D eigenvalue weighted by molar-refractivity contribution is 0.842. The summed E-state index contributed by atoms with van der Waals surface area (Å²) >= 11 is 0. The summed E-state index contributed by atoms with van der Waals surface area (Å²) in [5.74, 6) is 1.54. The molecule has 5 heteroatoms. The standard InChI is InChI=1S/C15H17N5/c1-11-17-15(19-18-11)13-7-3-4-8-14(13)16-10-12-6-5-9-20(12)2/h3-9,16H,10H2,1-2H3,(H,17,18,19). The molecular weight excluding hydrogens is 250 g/mol. The molecule has 0 aliphatic heterocycles. The number of aromatic nitrogens is 4. The molecule has 3 rings (SSSR count). The Morgan fingerprint density at radius 2 is 2.05 bits per heavy atom. The van der Waals surface area contributed by atoms with E-state index in [1.54, 1.807) is 0 Å². The Morgan fingerprint density at radius 1 is 1.20 bits per heavy atom. The zero-order valence-corrected chi connectivity index (χ0v) is 11.6. The molecule has 0 bridgehead atoms. The van der Waals surface area contributed by atoms with Gasteiger partial charge >= 0.3 is 0 Å². The van der Waals surface area contributed by atoms with Crippen molar-refractivity contribution in [3.63, 3.8) is 0 Å². The van der Waals surface area contributed by atoms with Gasteiger partial charge in [-0.15, -0.1) is 0 Å². The summed E-state index contributed by atoms with van der Waals surface area (Å²) in [5.41, 5.74) is 3.27. The van der Waals surface area contributed by atoms with Gasteiger partial charge in [-0.2, -0.15) is 5.10 Å². The third kappa shape index (κ3) is 2.42. The summed E-state index contributed by atoms with van der Waals surface area (Å²) < 4.78 is 2.10. The average Bonchev–Trinajstić information content (AvgIpc) is 3.06. The topological polar surface area (TPSA) is 58.5 Å². The van der Waals surface area contributed by atoms with Crippen LogP contribution < -0.4 is 5.32 Å². The molecule has 0 saturated heterocycles. The molecule has 0 aliphatic carbocycles. The number of rotatable bonds is 4. The Labute approximate surface area is 117 Å². The fourth-order valence-corrected chi connectivity index (χ4v) is 2.16. The van der Waals surface area contributed by atoms with Crippen molar-refractivity contribution in [2.24, 2.45) is 7.05 Å². The van der Waals surface area contributed by atoms with Gasteiger partial charge in [0.25, 0.3) is 0 Å². The van der Waals surface area contributed by atoms with Gasteiger partial charge < -0.3 is 9.88 Å². The van der Waals surface area contributed by atoms with Gasteiger partial charge in [0.2, 0.25) is 0 Å². The molecule has 0 aliphatic rings. The first-order valence-electron chi connectivity index (χ1n) is 6.56. The van der Waals surface area contributed by atoms with Crippen molar-refractivity contribution in [2.45, 2.75) is 13.5 Å². The van der Waals surface area contributed by atoms with Gasteiger partial charge in [-0.25, -0.2) is 4.98 Å². The quantitative estimate of drug-likeness (QED) is 0.764. The molecule has 20 heavy (non-hydrogen) atoms. The maximum absolute atomic E-state index is 4.39. The molecule has 2 aromatic heterocycles. The van der Waals surface area contributed by atoms with E-state index in [4.69, 9.17) is 0 Å². The van der Waals surface area contributed by atoms with Gasteiger partial charge in [-0.05, 0) is 31.2 Å². The van der Waals surface area contributed by atoms with Crippen LogP contribution in [0.5, 0.6) is 0 Å². The first-order chi connectivity index (χ1) is 9.74. The molecule has 0 spiro atoms. The lowest BCUT2D eigenvalue weighted by atomic mass is 10.1. The normalized spacial score (nSPS) is 10.7. The van der Waals surface area contributed by atoms with E-state index < -0.39 is 0 Å². The molecule has 0 saturated carbocycles. The molecule has 0 unspecified atom stereocenters. The number of aryl methyl sites for hydroxylation is 2. The van der Waals surface area contributed by atoms with Crippen LogP contribution in [0, 0.1) is 6.92 Å². The number of benzene rings is 1. The molecule has 1 aromatic carbocycles. The minimum atomic E-state index is 0.720. The fourth-order valence-electron chi connectivity index (χ4n) is 2.16. The van der Waals surface area contributed by atoms with Crippen molar-refractivity contribution < 1.29 is 0 Å². The Balaban J connectivity index is 1.85. The zero-order chi connectivity index (χ0) is 13.9. The summed E-state index contributed by atoms with van der Waals surface area (Å²) in [6.45, 7) is 2.67. The summed E-state index contributed by atoms with van der Waals surface area (Å²) in [4.78, 5) is 4.39. The zero-order valence-electron chi connectivity index (χ0n) is 11.6. The Kier molecular flexibility index (Phi) is 3.25. The van der Waals surface area contributed by atoms with Crippen molar-refractivity contribution in [1.82, 2.24) is 19.7 Å². The van der Waals surface area contributed by atoms with Gasteiger partial charge in [-0.3, -0.25) is 5.10 Å². The number of para-hydroxylation sites is 1. The van der Waals surface area contributed by atoms with Crippen LogP contribution in [-0.2, 0) is 13.6 Å². The maximum Gasteiger partial charge on any atom is 0.183 e. The second-order valence-electron chi connectivity index (χ2n) is 4.75. The number of hydrogen-bond donors (Lipinski definition) is 2. The van der Waals surface area contributed by atoms with Crippen LogP contribution in [0.2, 0.25) is 0 Å². The number of hydrogen-bond acceptors (Lipinski definition) is 3. The van der Waals surface area contributed by atoms with Gasteiger partial charge in [0, 0.05) is 30.2 Å². The molecule has 5 nitrogen and oxygen atoms in total. The van der Waals surface area contributed by atoms with E-state index in [9.17, 15) is 0 Å². The van der Waals surface area contributed by atoms with E-state index in [2.05, 4.69) is 31.1 Å². The van der Waals surface area contributed by atoms with Gasteiger partial charge in [0.1, 0.15) is 5.82 Å². The minimum Gasteiger partial charge on any atom is -0.379 e. The van der Waals surface area contributed by atoms with E-state index in [1.807, 2.05) is 50.5 Å². The van der Waals surface area contributed by atoms with Crippen molar-refractivity contribution >= 4 is 5.69 Å². The lowest BCUT2D eigenvalue weighted by Crippen LogP contribution is -2.05. The van der Waals surface area contributed by atoms with Crippen LogP contribution in [0.15, 0.2) is 42.6 Å². The number of H-pyrrole nitrogens is 1. The third-order valence-electron chi connectivity index (χ3n) is 3.28. The smallest absolute Gasteiger partial charge is 0.183 e. The first kappa shape index (κ1) is 12.5. The number of nitrogens with zero attached hydrogens (tertiary/aromatic N) is 3. The predicted molar refractivity (Wildman–Crippen MR) is 79.3 cm³/mol. The number of anilines is 1. The summed E-state index contributed by atoms with van der Waals surface area (Å²) in [6.07, 6.45) is 2.04. The first-order valence-corrected chi connectivity index (χ1v) is 6.56. The second-order valence-corrected chi connectivity index (χ2v) is 4.75. The summed E-state index contributed by atoms with van der Waals surface area (Å²) in [6, 6.07) is 12.2. The SMILES string of the molecule is Cc1nc(-c2ccccc2NCc2cccn2C)n[nH]1. The highest BCUT2D eigenvalue weighted by Gasteiger charge is 2.09. The molecule has 0 amide bonds. The van der Waals surface area contributed by atoms with Crippen molar-refractivity contribution in [2.75, 3.05) is 5.32 Å². The van der Waals surface area contributed by atoms with Crippen molar-refractivity contribution in [1.29, 1.82) is 0 Å². The van der Waals surface area contributed by atoms with Crippen LogP contribution in [0.4, 0.5) is 5.69 Å². The monoisotopic (exact) mass is 267 g/mol. The van der Waals surface area contributed by atoms with Crippen LogP contribution >= 0.6 is 0 Å². The van der Waals surface area contributed by atoms with E-state index >= 15 is 0 Å². The van der Waals surface area contributed by atoms with Gasteiger partial charge in [-0.1, -0.05) is 12.1 Å². The van der Waals surface area contributed by atoms with Crippen LogP contribution in [-0.4, -0.2) is 19.7 Å².